The number of nitrogens with zero attached hydrogens (tertiary/aromatic N) is 3. The second kappa shape index (κ2) is 12.4. The number of ether oxygens (including phenoxy) is 2. The lowest BCUT2D eigenvalue weighted by atomic mass is 9.62. The van der Waals surface area contributed by atoms with Gasteiger partial charge in [0.1, 0.15) is 17.4 Å². The fraction of sp³-hybridized carbons (Fsp3) is 0.472. The van der Waals surface area contributed by atoms with Crippen LogP contribution in [0.3, 0.4) is 0 Å². The summed E-state index contributed by atoms with van der Waals surface area (Å²) in [7, 11) is 0. The molecule has 2 aromatic carbocycles. The average molecular weight is 616 g/mol. The molecule has 2 aromatic rings. The number of aliphatic hydroxyl groups excluding tert-OH is 1. The summed E-state index contributed by atoms with van der Waals surface area (Å²) in [6.07, 6.45) is 3.75. The maximum atomic E-state index is 14.8. The van der Waals surface area contributed by atoms with Crippen LogP contribution in [-0.4, -0.2) is 77.8 Å². The summed E-state index contributed by atoms with van der Waals surface area (Å²) in [5, 5.41) is 10.1. The van der Waals surface area contributed by atoms with E-state index in [4.69, 9.17) is 9.47 Å². The maximum Gasteiger partial charge on any atom is 0.253 e. The van der Waals surface area contributed by atoms with Gasteiger partial charge in [-0.25, -0.2) is 0 Å². The molecule has 0 radical (unpaired) electrons. The van der Waals surface area contributed by atoms with Crippen LogP contribution in [-0.2, 0) is 19.1 Å². The first-order chi connectivity index (χ1) is 21.5. The molecule has 1 N–H and O–H groups in total. The van der Waals surface area contributed by atoms with E-state index >= 15 is 0 Å². The number of benzene rings is 2. The van der Waals surface area contributed by atoms with Crippen molar-refractivity contribution < 1.29 is 29.0 Å². The zero-order valence-corrected chi connectivity index (χ0v) is 27.0. The SMILES string of the molecule is C=CCN(C(=O)[C@H]1[C@H]2C(=O)N(CCO)C(C(=O)N(CC=C)c3c(C)cccc3C)C23CC(C)[C@]1(C)O3)c1ccc(OCC)cc1. The van der Waals surface area contributed by atoms with Gasteiger partial charge in [0.2, 0.25) is 11.8 Å². The van der Waals surface area contributed by atoms with Gasteiger partial charge < -0.3 is 29.3 Å². The van der Waals surface area contributed by atoms with E-state index in [-0.39, 0.29) is 49.9 Å². The number of aryl methyl sites for hydroxylation is 2. The summed E-state index contributed by atoms with van der Waals surface area (Å²) in [4.78, 5) is 48.7. The minimum absolute atomic E-state index is 0.0488. The second-order valence-corrected chi connectivity index (χ2v) is 12.6. The van der Waals surface area contributed by atoms with E-state index in [0.717, 1.165) is 16.8 Å². The van der Waals surface area contributed by atoms with Gasteiger partial charge >= 0.3 is 0 Å². The number of hydrogen-bond acceptors (Lipinski definition) is 6. The van der Waals surface area contributed by atoms with Crippen molar-refractivity contribution in [1.29, 1.82) is 0 Å². The molecule has 3 heterocycles. The molecule has 6 atom stereocenters. The topological polar surface area (TPSA) is 99.6 Å². The standard InChI is InChI=1S/C36H45N3O6/c1-8-18-37(26-14-16-27(17-15-26)44-10-3)32(41)28-29-33(42)39(20-21-40)31(36(29)22-25(6)35(28,7)45-36)34(43)38(19-9-2)30-23(4)12-11-13-24(30)5/h8-9,11-17,25,28-29,31,40H,1-2,10,18-22H2,3-7H3/t25?,28-,29+,31?,35+,36?/m1/s1. The van der Waals surface area contributed by atoms with Gasteiger partial charge in [-0.2, -0.15) is 0 Å². The zero-order valence-electron chi connectivity index (χ0n) is 27.0. The predicted molar refractivity (Wildman–Crippen MR) is 174 cm³/mol. The van der Waals surface area contributed by atoms with Gasteiger partial charge in [-0.1, -0.05) is 37.3 Å². The molecule has 9 heteroatoms. The Morgan fingerprint density at radius 3 is 2.27 bits per heavy atom. The highest BCUT2D eigenvalue weighted by molar-refractivity contribution is 6.07. The summed E-state index contributed by atoms with van der Waals surface area (Å²) in [5.41, 5.74) is 0.996. The molecule has 0 saturated carbocycles. The molecule has 1 spiro atoms. The lowest BCUT2D eigenvalue weighted by Crippen LogP contribution is -2.57. The highest BCUT2D eigenvalue weighted by atomic mass is 16.5. The minimum atomic E-state index is -1.24. The highest BCUT2D eigenvalue weighted by Crippen LogP contribution is 2.65. The molecule has 3 aliphatic heterocycles. The van der Waals surface area contributed by atoms with Crippen molar-refractivity contribution in [3.63, 3.8) is 0 Å². The van der Waals surface area contributed by atoms with Crippen molar-refractivity contribution in [2.24, 2.45) is 17.8 Å². The van der Waals surface area contributed by atoms with Gasteiger partial charge in [0.05, 0.1) is 30.7 Å². The summed E-state index contributed by atoms with van der Waals surface area (Å²) >= 11 is 0. The summed E-state index contributed by atoms with van der Waals surface area (Å²) in [6, 6.07) is 12.1. The van der Waals surface area contributed by atoms with E-state index in [0.29, 0.717) is 24.5 Å². The Bertz CT molecular complexity index is 1470. The van der Waals surface area contributed by atoms with E-state index in [1.54, 1.807) is 22.0 Å². The van der Waals surface area contributed by atoms with Crippen molar-refractivity contribution in [2.75, 3.05) is 42.6 Å². The number of rotatable bonds is 12. The number of aliphatic hydroxyl groups is 1. The van der Waals surface area contributed by atoms with Crippen molar-refractivity contribution in [3.05, 3.63) is 78.9 Å². The van der Waals surface area contributed by atoms with Gasteiger partial charge in [-0.05, 0) is 75.4 Å². The summed E-state index contributed by atoms with van der Waals surface area (Å²) in [6.45, 7) is 18.1. The number of likely N-dealkylation sites (tertiary alicyclic amines) is 1. The lowest BCUT2D eigenvalue weighted by molar-refractivity contribution is -0.146. The van der Waals surface area contributed by atoms with E-state index in [9.17, 15) is 19.5 Å². The monoisotopic (exact) mass is 615 g/mol. The number of carbonyl (C=O) groups excluding carboxylic acids is 3. The fourth-order valence-corrected chi connectivity index (χ4v) is 8.05. The molecular weight excluding hydrogens is 570 g/mol. The molecule has 3 unspecified atom stereocenters. The van der Waals surface area contributed by atoms with E-state index < -0.39 is 29.1 Å². The van der Waals surface area contributed by atoms with E-state index in [1.807, 2.05) is 77.1 Å². The van der Waals surface area contributed by atoms with Gasteiger partial charge in [0.25, 0.3) is 5.91 Å². The molecule has 5 rings (SSSR count). The van der Waals surface area contributed by atoms with Crippen LogP contribution < -0.4 is 14.5 Å². The van der Waals surface area contributed by atoms with Crippen LogP contribution in [0.4, 0.5) is 11.4 Å². The fourth-order valence-electron chi connectivity index (χ4n) is 8.05. The molecule has 3 fully saturated rings. The number of amides is 3. The van der Waals surface area contributed by atoms with Crippen LogP contribution in [0.15, 0.2) is 67.8 Å². The van der Waals surface area contributed by atoms with Gasteiger partial charge in [0, 0.05) is 31.0 Å². The third-order valence-electron chi connectivity index (χ3n) is 9.98. The van der Waals surface area contributed by atoms with Crippen LogP contribution >= 0.6 is 0 Å². The highest BCUT2D eigenvalue weighted by Gasteiger charge is 2.80. The first kappa shape index (κ1) is 32.4. The number of hydrogen-bond donors (Lipinski definition) is 1. The van der Waals surface area contributed by atoms with Crippen molar-refractivity contribution >= 4 is 29.1 Å². The number of β-amino-alcohol motifs (C(OH)–C–C–N with tert-alkyl or cyclic N) is 1. The Hall–Kier alpha value is -3.95. The first-order valence-corrected chi connectivity index (χ1v) is 15.8. The average Bonchev–Trinajstić information content (AvgIpc) is 3.52. The first-order valence-electron chi connectivity index (χ1n) is 15.8. The number of anilines is 2. The Balaban J connectivity index is 1.60. The van der Waals surface area contributed by atoms with Crippen LogP contribution in [0.25, 0.3) is 0 Å². The second-order valence-electron chi connectivity index (χ2n) is 12.6. The number of fused-ring (bicyclic) bond motifs is 1. The van der Waals surface area contributed by atoms with Crippen molar-refractivity contribution in [3.8, 4) is 5.75 Å². The minimum Gasteiger partial charge on any atom is -0.494 e. The molecular formula is C36H45N3O6. The van der Waals surface area contributed by atoms with Crippen LogP contribution in [0.2, 0.25) is 0 Å². The lowest BCUT2D eigenvalue weighted by Gasteiger charge is -2.39. The Kier molecular flexibility index (Phi) is 8.97. The number of carbonyl (C=O) groups is 3. The predicted octanol–water partition coefficient (Wildman–Crippen LogP) is 4.44. The van der Waals surface area contributed by atoms with Crippen LogP contribution in [0, 0.1) is 31.6 Å². The third kappa shape index (κ3) is 5.06. The largest absolute Gasteiger partial charge is 0.494 e. The van der Waals surface area contributed by atoms with Crippen LogP contribution in [0.1, 0.15) is 38.3 Å². The zero-order chi connectivity index (χ0) is 32.7. The van der Waals surface area contributed by atoms with Gasteiger partial charge in [0.15, 0.2) is 0 Å². The van der Waals surface area contributed by atoms with Gasteiger partial charge in [-0.3, -0.25) is 14.4 Å². The molecule has 3 saturated heterocycles. The smallest absolute Gasteiger partial charge is 0.253 e. The Labute approximate surface area is 266 Å². The summed E-state index contributed by atoms with van der Waals surface area (Å²) in [5.74, 6) is -2.10. The van der Waals surface area contributed by atoms with E-state index in [1.165, 1.54) is 4.90 Å². The molecule has 0 aromatic heterocycles. The molecule has 9 nitrogen and oxygen atoms in total. The molecule has 240 valence electrons. The summed E-state index contributed by atoms with van der Waals surface area (Å²) < 4.78 is 12.5. The Morgan fingerprint density at radius 2 is 1.69 bits per heavy atom. The molecule has 45 heavy (non-hydrogen) atoms. The quantitative estimate of drug-likeness (QED) is 0.355. The maximum absolute atomic E-state index is 14.8. The molecule has 0 aliphatic carbocycles. The normalized spacial score (nSPS) is 28.1. The molecule has 3 aliphatic rings. The van der Waals surface area contributed by atoms with Crippen molar-refractivity contribution in [2.45, 2.75) is 58.3 Å². The van der Waals surface area contributed by atoms with Crippen LogP contribution in [0.5, 0.6) is 5.75 Å². The van der Waals surface area contributed by atoms with E-state index in [2.05, 4.69) is 13.2 Å². The molecule has 2 bridgehead atoms. The Morgan fingerprint density at radius 1 is 1.07 bits per heavy atom. The van der Waals surface area contributed by atoms with Crippen molar-refractivity contribution in [1.82, 2.24) is 4.90 Å². The third-order valence-corrected chi connectivity index (χ3v) is 9.98. The molecule has 3 amide bonds. The van der Waals surface area contributed by atoms with Gasteiger partial charge in [-0.15, -0.1) is 13.2 Å². The number of para-hydroxylation sites is 1.